The summed E-state index contributed by atoms with van der Waals surface area (Å²) in [6.07, 6.45) is 9.75. The van der Waals surface area contributed by atoms with Crippen molar-refractivity contribution in [3.63, 3.8) is 0 Å². The van der Waals surface area contributed by atoms with Crippen LogP contribution in [-0.4, -0.2) is 40.5 Å². The molecule has 0 radical (unpaired) electrons. The van der Waals surface area contributed by atoms with Crippen molar-refractivity contribution in [3.8, 4) is 0 Å². The van der Waals surface area contributed by atoms with Gasteiger partial charge in [0.2, 0.25) is 0 Å². The molecule has 1 aliphatic carbocycles. The quantitative estimate of drug-likeness (QED) is 0.758. The van der Waals surface area contributed by atoms with Gasteiger partial charge >= 0.3 is 6.03 Å². The average molecular weight is 336 g/mol. The summed E-state index contributed by atoms with van der Waals surface area (Å²) in [5.74, 6) is 1.14. The molecule has 1 N–H and O–H groups in total. The fourth-order valence-corrected chi connectivity index (χ4v) is 4.18. The van der Waals surface area contributed by atoms with E-state index in [2.05, 4.69) is 22.1 Å². The molecule has 0 unspecified atom stereocenters. The normalized spacial score (nSPS) is 16.8. The highest BCUT2D eigenvalue weighted by Crippen LogP contribution is 2.28. The molecule has 1 aliphatic rings. The second kappa shape index (κ2) is 9.81. The number of nitrogens with zero attached hydrogens (tertiary/aromatic N) is 2. The first-order valence-corrected chi connectivity index (χ1v) is 9.76. The van der Waals surface area contributed by atoms with Crippen LogP contribution >= 0.6 is 11.8 Å². The molecular formula is C18H29N3OS. The maximum atomic E-state index is 12.2. The van der Waals surface area contributed by atoms with Crippen molar-refractivity contribution < 1.29 is 4.79 Å². The van der Waals surface area contributed by atoms with Crippen molar-refractivity contribution in [2.75, 3.05) is 19.3 Å². The number of carbonyl (C=O) groups excluding carboxylic acids is 1. The number of hydrogen-bond donors (Lipinski definition) is 1. The minimum absolute atomic E-state index is 0.0205. The zero-order valence-electron chi connectivity index (χ0n) is 14.3. The second-order valence-electron chi connectivity index (χ2n) is 6.26. The van der Waals surface area contributed by atoms with E-state index in [9.17, 15) is 4.79 Å². The van der Waals surface area contributed by atoms with Crippen molar-refractivity contribution >= 4 is 17.8 Å². The molecule has 128 valence electrons. The molecule has 1 fully saturated rings. The van der Waals surface area contributed by atoms with Gasteiger partial charge in [0.05, 0.1) is 11.7 Å². The van der Waals surface area contributed by atoms with E-state index < -0.39 is 0 Å². The first-order valence-electron chi connectivity index (χ1n) is 8.71. The minimum atomic E-state index is -0.0224. The van der Waals surface area contributed by atoms with Crippen LogP contribution in [0.2, 0.25) is 0 Å². The van der Waals surface area contributed by atoms with Crippen molar-refractivity contribution in [2.24, 2.45) is 0 Å². The number of hydrogen-bond acceptors (Lipinski definition) is 3. The van der Waals surface area contributed by atoms with Gasteiger partial charge in [-0.15, -0.1) is 0 Å². The summed E-state index contributed by atoms with van der Waals surface area (Å²) in [4.78, 5) is 18.2. The summed E-state index contributed by atoms with van der Waals surface area (Å²) in [5.41, 5.74) is 0.915. The Morgan fingerprint density at radius 3 is 2.87 bits per heavy atom. The highest BCUT2D eigenvalue weighted by atomic mass is 32.2. The average Bonchev–Trinajstić information content (AvgIpc) is 2.61. The van der Waals surface area contributed by atoms with Crippen molar-refractivity contribution in [2.45, 2.75) is 56.7 Å². The fraction of sp³-hybridized carbons (Fsp3) is 0.667. The van der Waals surface area contributed by atoms with Gasteiger partial charge in [-0.25, -0.2) is 4.79 Å². The van der Waals surface area contributed by atoms with E-state index in [4.69, 9.17) is 0 Å². The van der Waals surface area contributed by atoms with Crippen LogP contribution < -0.4 is 5.32 Å². The number of aromatic nitrogens is 1. The van der Waals surface area contributed by atoms with Crippen LogP contribution in [0.15, 0.2) is 24.4 Å². The lowest BCUT2D eigenvalue weighted by atomic mass is 10.0. The van der Waals surface area contributed by atoms with Crippen LogP contribution in [0, 0.1) is 0 Å². The molecule has 1 aromatic heterocycles. The lowest BCUT2D eigenvalue weighted by molar-refractivity contribution is 0.193. The zero-order valence-corrected chi connectivity index (χ0v) is 15.1. The molecule has 2 amide bonds. The molecule has 0 bridgehead atoms. The predicted octanol–water partition coefficient (Wildman–Crippen LogP) is 4.24. The molecule has 1 aromatic rings. The van der Waals surface area contributed by atoms with Crippen LogP contribution in [0.5, 0.6) is 0 Å². The summed E-state index contributed by atoms with van der Waals surface area (Å²) in [7, 11) is 1.82. The molecule has 1 saturated carbocycles. The van der Waals surface area contributed by atoms with Gasteiger partial charge in [-0.05, 0) is 44.1 Å². The molecule has 1 atom stereocenters. The first kappa shape index (κ1) is 18.1. The Morgan fingerprint density at radius 1 is 1.39 bits per heavy atom. The largest absolute Gasteiger partial charge is 0.338 e. The first-order chi connectivity index (χ1) is 11.2. The number of carbonyl (C=O) groups is 1. The lowest BCUT2D eigenvalue weighted by Crippen LogP contribution is -2.39. The summed E-state index contributed by atoms with van der Waals surface area (Å²) >= 11 is 2.09. The van der Waals surface area contributed by atoms with E-state index in [1.54, 1.807) is 11.1 Å². The molecular weight excluding hydrogens is 306 g/mol. The number of pyridine rings is 1. The molecule has 5 heteroatoms. The summed E-state index contributed by atoms with van der Waals surface area (Å²) in [6.45, 7) is 2.75. The number of urea groups is 1. The molecule has 4 nitrogen and oxygen atoms in total. The molecule has 0 aliphatic heterocycles. The van der Waals surface area contributed by atoms with E-state index in [-0.39, 0.29) is 12.1 Å². The molecule has 2 rings (SSSR count). The molecule has 23 heavy (non-hydrogen) atoms. The van der Waals surface area contributed by atoms with Crippen molar-refractivity contribution in [3.05, 3.63) is 30.1 Å². The van der Waals surface area contributed by atoms with E-state index in [1.807, 2.05) is 32.2 Å². The third kappa shape index (κ3) is 6.05. The van der Waals surface area contributed by atoms with Gasteiger partial charge in [-0.1, -0.05) is 25.3 Å². The van der Waals surface area contributed by atoms with Gasteiger partial charge in [0.15, 0.2) is 0 Å². The number of amides is 2. The lowest BCUT2D eigenvalue weighted by Gasteiger charge is -2.25. The van der Waals surface area contributed by atoms with Crippen LogP contribution in [0.4, 0.5) is 4.79 Å². The van der Waals surface area contributed by atoms with Gasteiger partial charge in [-0.2, -0.15) is 11.8 Å². The SMILES string of the molecule is C[C@@H](c1ccccn1)N(C)C(=O)NCCCSC1CCCCC1. The maximum absolute atomic E-state index is 12.2. The summed E-state index contributed by atoms with van der Waals surface area (Å²) < 4.78 is 0. The minimum Gasteiger partial charge on any atom is -0.338 e. The van der Waals surface area contributed by atoms with Gasteiger partial charge in [0.25, 0.3) is 0 Å². The highest BCUT2D eigenvalue weighted by molar-refractivity contribution is 7.99. The highest BCUT2D eigenvalue weighted by Gasteiger charge is 2.18. The van der Waals surface area contributed by atoms with Crippen molar-refractivity contribution in [1.82, 2.24) is 15.2 Å². The predicted molar refractivity (Wildman–Crippen MR) is 97.8 cm³/mol. The van der Waals surface area contributed by atoms with E-state index >= 15 is 0 Å². The van der Waals surface area contributed by atoms with Crippen LogP contribution in [-0.2, 0) is 0 Å². The van der Waals surface area contributed by atoms with E-state index in [0.717, 1.165) is 29.7 Å². The second-order valence-corrected chi connectivity index (χ2v) is 7.67. The van der Waals surface area contributed by atoms with Crippen LogP contribution in [0.1, 0.15) is 57.2 Å². The number of thioether (sulfide) groups is 1. The summed E-state index contributed by atoms with van der Waals surface area (Å²) in [5, 5.41) is 3.87. The van der Waals surface area contributed by atoms with Gasteiger partial charge in [0.1, 0.15) is 0 Å². The fourth-order valence-electron chi connectivity index (χ4n) is 2.87. The van der Waals surface area contributed by atoms with Gasteiger partial charge < -0.3 is 10.2 Å². The third-order valence-corrected chi connectivity index (χ3v) is 5.99. The zero-order chi connectivity index (χ0) is 16.5. The van der Waals surface area contributed by atoms with Crippen LogP contribution in [0.3, 0.4) is 0 Å². The molecule has 0 saturated heterocycles. The smallest absolute Gasteiger partial charge is 0.317 e. The monoisotopic (exact) mass is 335 g/mol. The Hall–Kier alpha value is -1.23. The number of rotatable bonds is 7. The van der Waals surface area contributed by atoms with Gasteiger partial charge in [-0.3, -0.25) is 4.98 Å². The molecule has 0 aromatic carbocycles. The topological polar surface area (TPSA) is 45.2 Å². The van der Waals surface area contributed by atoms with Crippen molar-refractivity contribution in [1.29, 1.82) is 0 Å². The third-order valence-electron chi connectivity index (χ3n) is 4.52. The number of nitrogens with one attached hydrogen (secondary N) is 1. The van der Waals surface area contributed by atoms with Crippen LogP contribution in [0.25, 0.3) is 0 Å². The standard InChI is InChI=1S/C18H29N3OS/c1-15(17-11-6-7-12-19-17)21(2)18(22)20-13-8-14-23-16-9-4-3-5-10-16/h6-7,11-12,15-16H,3-5,8-10,13-14H2,1-2H3,(H,20,22)/t15-/m0/s1. The Balaban J connectivity index is 1.62. The van der Waals surface area contributed by atoms with E-state index in [1.165, 1.54) is 32.1 Å². The van der Waals surface area contributed by atoms with E-state index in [0.29, 0.717) is 0 Å². The summed E-state index contributed by atoms with van der Waals surface area (Å²) in [6, 6.07) is 5.75. The maximum Gasteiger partial charge on any atom is 0.317 e. The Morgan fingerprint density at radius 2 is 2.17 bits per heavy atom. The Bertz CT molecular complexity index is 463. The Labute approximate surface area is 144 Å². The Kier molecular flexibility index (Phi) is 7.72. The van der Waals surface area contributed by atoms with Gasteiger partial charge in [0, 0.05) is 25.0 Å². The molecule has 0 spiro atoms. The molecule has 1 heterocycles.